The molecule has 3 atom stereocenters. The number of fused-ring (bicyclic) bond motifs is 1. The Labute approximate surface area is 158 Å². The minimum absolute atomic E-state index is 0.0155. The Morgan fingerprint density at radius 1 is 1.19 bits per heavy atom. The summed E-state index contributed by atoms with van der Waals surface area (Å²) in [6, 6.07) is 6.25. The number of rotatable bonds is 4. The zero-order valence-electron chi connectivity index (χ0n) is 15.5. The standard InChI is InChI=1S/C21H25FN2O3/c1-27-13-19(25)24-11-16-10-23(21(26)14-5-2-3-6-14)12-18(16)20(24)15-7-4-8-17(22)9-15/h2-4,7-9,14,16,18,20H,5-6,10-13H2,1H3/t16-,18-,20+/m1/s1. The lowest BCUT2D eigenvalue weighted by molar-refractivity contribution is -0.137. The van der Waals surface area contributed by atoms with Crippen molar-refractivity contribution in [3.63, 3.8) is 0 Å². The van der Waals surface area contributed by atoms with Crippen molar-refractivity contribution >= 4 is 11.8 Å². The van der Waals surface area contributed by atoms with Crippen molar-refractivity contribution in [3.8, 4) is 0 Å². The lowest BCUT2D eigenvalue weighted by atomic mass is 9.89. The van der Waals surface area contributed by atoms with Crippen LogP contribution in [0.2, 0.25) is 0 Å². The third-order valence-electron chi connectivity index (χ3n) is 6.11. The Balaban J connectivity index is 1.57. The molecule has 0 bridgehead atoms. The molecule has 3 aliphatic rings. The average molecular weight is 372 g/mol. The molecule has 0 N–H and O–H groups in total. The van der Waals surface area contributed by atoms with Gasteiger partial charge in [-0.15, -0.1) is 0 Å². The summed E-state index contributed by atoms with van der Waals surface area (Å²) in [5.41, 5.74) is 0.795. The predicted octanol–water partition coefficient (Wildman–Crippen LogP) is 2.40. The SMILES string of the molecule is COCC(=O)N1C[C@H]2CN(C(=O)C3CC=CC3)C[C@H]2[C@@H]1c1cccc(F)c1. The summed E-state index contributed by atoms with van der Waals surface area (Å²) in [6.45, 7) is 1.89. The van der Waals surface area contributed by atoms with Gasteiger partial charge in [0, 0.05) is 44.5 Å². The van der Waals surface area contributed by atoms with Gasteiger partial charge in [-0.05, 0) is 30.5 Å². The fourth-order valence-electron chi connectivity index (χ4n) is 4.88. The fourth-order valence-corrected chi connectivity index (χ4v) is 4.88. The van der Waals surface area contributed by atoms with E-state index in [0.717, 1.165) is 18.4 Å². The third-order valence-corrected chi connectivity index (χ3v) is 6.11. The summed E-state index contributed by atoms with van der Waals surface area (Å²) in [5.74, 6) is 0.227. The molecular weight excluding hydrogens is 347 g/mol. The zero-order chi connectivity index (χ0) is 19.0. The molecule has 2 aliphatic heterocycles. The van der Waals surface area contributed by atoms with Gasteiger partial charge in [-0.1, -0.05) is 24.3 Å². The van der Waals surface area contributed by atoms with Crippen molar-refractivity contribution in [3.05, 3.63) is 47.8 Å². The quantitative estimate of drug-likeness (QED) is 0.763. The van der Waals surface area contributed by atoms with Crippen molar-refractivity contribution in [1.82, 2.24) is 9.80 Å². The summed E-state index contributed by atoms with van der Waals surface area (Å²) in [7, 11) is 1.50. The topological polar surface area (TPSA) is 49.9 Å². The maximum atomic E-state index is 13.9. The number of ether oxygens (including phenoxy) is 1. The molecule has 2 amide bonds. The lowest BCUT2D eigenvalue weighted by Gasteiger charge is -2.30. The van der Waals surface area contributed by atoms with Crippen molar-refractivity contribution in [2.45, 2.75) is 18.9 Å². The van der Waals surface area contributed by atoms with Gasteiger partial charge in [0.25, 0.3) is 0 Å². The number of hydrogen-bond acceptors (Lipinski definition) is 3. The number of hydrogen-bond donors (Lipinski definition) is 0. The van der Waals surface area contributed by atoms with E-state index in [0.29, 0.717) is 19.6 Å². The summed E-state index contributed by atoms with van der Waals surface area (Å²) >= 11 is 0. The number of halogens is 1. The van der Waals surface area contributed by atoms with Gasteiger partial charge in [0.2, 0.25) is 11.8 Å². The van der Waals surface area contributed by atoms with Crippen LogP contribution in [0.15, 0.2) is 36.4 Å². The first kappa shape index (κ1) is 18.2. The monoisotopic (exact) mass is 372 g/mol. The molecule has 2 fully saturated rings. The number of nitrogens with zero attached hydrogens (tertiary/aromatic N) is 2. The van der Waals surface area contributed by atoms with Gasteiger partial charge >= 0.3 is 0 Å². The Hall–Kier alpha value is -2.21. The van der Waals surface area contributed by atoms with Gasteiger partial charge in [-0.25, -0.2) is 4.39 Å². The number of amides is 2. The van der Waals surface area contributed by atoms with Crippen LogP contribution in [-0.2, 0) is 14.3 Å². The lowest BCUT2D eigenvalue weighted by Crippen LogP contribution is -2.40. The van der Waals surface area contributed by atoms with Gasteiger partial charge in [0.15, 0.2) is 0 Å². The first-order chi connectivity index (χ1) is 13.1. The van der Waals surface area contributed by atoms with Gasteiger partial charge in [0.1, 0.15) is 12.4 Å². The highest BCUT2D eigenvalue weighted by molar-refractivity contribution is 5.81. The Morgan fingerprint density at radius 2 is 1.96 bits per heavy atom. The molecule has 0 aromatic heterocycles. The van der Waals surface area contributed by atoms with E-state index >= 15 is 0 Å². The Kier molecular flexibility index (Phi) is 5.00. The number of carbonyl (C=O) groups is 2. The Morgan fingerprint density at radius 3 is 2.67 bits per heavy atom. The molecule has 144 valence electrons. The molecule has 1 aromatic carbocycles. The number of carbonyl (C=O) groups excluding carboxylic acids is 2. The van der Waals surface area contributed by atoms with E-state index in [1.165, 1.54) is 19.2 Å². The maximum absolute atomic E-state index is 13.9. The molecule has 4 rings (SSSR count). The van der Waals surface area contributed by atoms with E-state index < -0.39 is 0 Å². The predicted molar refractivity (Wildman–Crippen MR) is 98.2 cm³/mol. The van der Waals surface area contributed by atoms with Gasteiger partial charge in [-0.3, -0.25) is 9.59 Å². The molecule has 0 spiro atoms. The van der Waals surface area contributed by atoms with Crippen LogP contribution in [-0.4, -0.2) is 55.0 Å². The fraction of sp³-hybridized carbons (Fsp3) is 0.524. The van der Waals surface area contributed by atoms with Crippen LogP contribution < -0.4 is 0 Å². The van der Waals surface area contributed by atoms with Gasteiger partial charge in [-0.2, -0.15) is 0 Å². The van der Waals surface area contributed by atoms with Gasteiger partial charge < -0.3 is 14.5 Å². The van der Waals surface area contributed by atoms with Crippen LogP contribution >= 0.6 is 0 Å². The van der Waals surface area contributed by atoms with Crippen molar-refractivity contribution in [1.29, 1.82) is 0 Å². The molecule has 0 unspecified atom stereocenters. The number of methoxy groups -OCH3 is 1. The molecule has 0 saturated carbocycles. The van der Waals surface area contributed by atoms with Crippen LogP contribution in [0.1, 0.15) is 24.4 Å². The average Bonchev–Trinajstić information content (AvgIpc) is 3.37. The zero-order valence-corrected chi connectivity index (χ0v) is 15.5. The first-order valence-electron chi connectivity index (χ1n) is 9.56. The van der Waals surface area contributed by atoms with Crippen LogP contribution in [0.5, 0.6) is 0 Å². The van der Waals surface area contributed by atoms with Crippen molar-refractivity contribution in [2.24, 2.45) is 17.8 Å². The first-order valence-corrected chi connectivity index (χ1v) is 9.56. The molecule has 1 aromatic rings. The van der Waals surface area contributed by atoms with Crippen LogP contribution in [0.4, 0.5) is 4.39 Å². The number of benzene rings is 1. The minimum Gasteiger partial charge on any atom is -0.375 e. The molecule has 2 heterocycles. The second-order valence-electron chi connectivity index (χ2n) is 7.79. The molecule has 5 nitrogen and oxygen atoms in total. The second kappa shape index (κ2) is 7.43. The van der Waals surface area contributed by atoms with Crippen LogP contribution in [0, 0.1) is 23.6 Å². The smallest absolute Gasteiger partial charge is 0.249 e. The molecule has 1 aliphatic carbocycles. The summed E-state index contributed by atoms with van der Waals surface area (Å²) in [4.78, 5) is 29.2. The minimum atomic E-state index is -0.307. The molecule has 0 radical (unpaired) electrons. The van der Waals surface area contributed by atoms with E-state index in [2.05, 4.69) is 12.2 Å². The van der Waals surface area contributed by atoms with Crippen molar-refractivity contribution < 1.29 is 18.7 Å². The van der Waals surface area contributed by atoms with E-state index in [9.17, 15) is 14.0 Å². The number of likely N-dealkylation sites (tertiary alicyclic amines) is 2. The second-order valence-corrected chi connectivity index (χ2v) is 7.79. The number of allylic oxidation sites excluding steroid dienone is 2. The van der Waals surface area contributed by atoms with E-state index in [4.69, 9.17) is 4.74 Å². The molecule has 6 heteroatoms. The maximum Gasteiger partial charge on any atom is 0.249 e. The summed E-state index contributed by atoms with van der Waals surface area (Å²) in [5, 5.41) is 0. The third kappa shape index (κ3) is 3.38. The van der Waals surface area contributed by atoms with Crippen LogP contribution in [0.3, 0.4) is 0 Å². The molecule has 2 saturated heterocycles. The highest BCUT2D eigenvalue weighted by atomic mass is 19.1. The largest absolute Gasteiger partial charge is 0.375 e. The van der Waals surface area contributed by atoms with Crippen molar-refractivity contribution in [2.75, 3.05) is 33.4 Å². The summed E-state index contributed by atoms with van der Waals surface area (Å²) < 4.78 is 18.9. The van der Waals surface area contributed by atoms with Gasteiger partial charge in [0.05, 0.1) is 6.04 Å². The molecular formula is C21H25FN2O3. The highest BCUT2D eigenvalue weighted by Gasteiger charge is 2.50. The highest BCUT2D eigenvalue weighted by Crippen LogP contribution is 2.45. The van der Waals surface area contributed by atoms with Crippen LogP contribution in [0.25, 0.3) is 0 Å². The normalized spacial score (nSPS) is 27.4. The molecule has 27 heavy (non-hydrogen) atoms. The van der Waals surface area contributed by atoms with E-state index in [1.54, 1.807) is 6.07 Å². The van der Waals surface area contributed by atoms with E-state index in [-0.39, 0.29) is 48.0 Å². The summed E-state index contributed by atoms with van der Waals surface area (Å²) in [6.07, 6.45) is 5.77. The van der Waals surface area contributed by atoms with E-state index in [1.807, 2.05) is 15.9 Å². The Bertz CT molecular complexity index is 758.